The van der Waals surface area contributed by atoms with Crippen molar-refractivity contribution >= 4 is 5.91 Å². The van der Waals surface area contributed by atoms with Crippen LogP contribution in [0.4, 0.5) is 0 Å². The van der Waals surface area contributed by atoms with Crippen LogP contribution in [0.2, 0.25) is 0 Å². The zero-order chi connectivity index (χ0) is 15.2. The van der Waals surface area contributed by atoms with Gasteiger partial charge in [-0.25, -0.2) is 0 Å². The Morgan fingerprint density at radius 3 is 2.43 bits per heavy atom. The number of benzene rings is 1. The molecule has 1 unspecified atom stereocenters. The van der Waals surface area contributed by atoms with Crippen LogP contribution in [0, 0.1) is 0 Å². The minimum absolute atomic E-state index is 0.0618. The molecule has 1 amide bonds. The van der Waals surface area contributed by atoms with E-state index in [4.69, 9.17) is 5.73 Å². The number of piperidine rings is 1. The number of nitrogens with zero attached hydrogens (tertiary/aromatic N) is 1. The Bertz CT molecular complexity index is 439. The van der Waals surface area contributed by atoms with Gasteiger partial charge in [0.15, 0.2) is 0 Å². The summed E-state index contributed by atoms with van der Waals surface area (Å²) in [5.74, 6) is -0.180. The molecule has 1 aromatic rings. The van der Waals surface area contributed by atoms with Gasteiger partial charge < -0.3 is 16.0 Å². The Balaban J connectivity index is 1.89. The van der Waals surface area contributed by atoms with E-state index in [-0.39, 0.29) is 17.9 Å². The van der Waals surface area contributed by atoms with E-state index in [1.54, 1.807) is 0 Å². The van der Waals surface area contributed by atoms with Crippen molar-refractivity contribution in [2.45, 2.75) is 44.7 Å². The standard InChI is InChI=1S/C17H27N3O/c1-13(2)20-10-8-15(9-11-20)19-17(21)16(12-18)14-6-4-3-5-7-14/h3-7,13,15-16H,8-12,18H2,1-2H3,(H,19,21). The molecule has 1 fully saturated rings. The number of rotatable bonds is 5. The van der Waals surface area contributed by atoms with Crippen LogP contribution in [0.3, 0.4) is 0 Å². The van der Waals surface area contributed by atoms with Crippen molar-refractivity contribution in [3.63, 3.8) is 0 Å². The molecule has 1 atom stereocenters. The second-order valence-electron chi connectivity index (χ2n) is 6.11. The summed E-state index contributed by atoms with van der Waals surface area (Å²) in [5, 5.41) is 3.18. The van der Waals surface area contributed by atoms with Gasteiger partial charge in [-0.15, -0.1) is 0 Å². The number of hydrogen-bond acceptors (Lipinski definition) is 3. The molecule has 0 aromatic heterocycles. The Morgan fingerprint density at radius 2 is 1.90 bits per heavy atom. The van der Waals surface area contributed by atoms with Crippen LogP contribution in [0.1, 0.15) is 38.2 Å². The van der Waals surface area contributed by atoms with Gasteiger partial charge >= 0.3 is 0 Å². The van der Waals surface area contributed by atoms with Crippen LogP contribution in [0.15, 0.2) is 30.3 Å². The lowest BCUT2D eigenvalue weighted by Crippen LogP contribution is -2.48. The molecule has 1 heterocycles. The second-order valence-corrected chi connectivity index (χ2v) is 6.11. The third kappa shape index (κ3) is 4.29. The number of amides is 1. The number of carbonyl (C=O) groups excluding carboxylic acids is 1. The van der Waals surface area contributed by atoms with E-state index in [0.717, 1.165) is 31.5 Å². The van der Waals surface area contributed by atoms with Gasteiger partial charge in [-0.1, -0.05) is 30.3 Å². The summed E-state index contributed by atoms with van der Waals surface area (Å²) in [4.78, 5) is 14.9. The average molecular weight is 289 g/mol. The molecule has 1 saturated heterocycles. The summed E-state index contributed by atoms with van der Waals surface area (Å²) in [6.45, 7) is 6.90. The van der Waals surface area contributed by atoms with Gasteiger partial charge in [0.1, 0.15) is 0 Å². The molecule has 0 spiro atoms. The first-order chi connectivity index (χ1) is 10.1. The summed E-state index contributed by atoms with van der Waals surface area (Å²) in [6.07, 6.45) is 2.05. The lowest BCUT2D eigenvalue weighted by Gasteiger charge is -2.35. The van der Waals surface area contributed by atoms with Gasteiger partial charge in [0, 0.05) is 31.7 Å². The van der Waals surface area contributed by atoms with Gasteiger partial charge in [-0.3, -0.25) is 4.79 Å². The van der Waals surface area contributed by atoms with Crippen LogP contribution in [0.25, 0.3) is 0 Å². The molecule has 21 heavy (non-hydrogen) atoms. The van der Waals surface area contributed by atoms with E-state index in [9.17, 15) is 4.79 Å². The molecule has 4 heteroatoms. The third-order valence-electron chi connectivity index (χ3n) is 4.36. The van der Waals surface area contributed by atoms with Gasteiger partial charge in [0.25, 0.3) is 0 Å². The molecule has 0 radical (unpaired) electrons. The molecular formula is C17H27N3O. The highest BCUT2D eigenvalue weighted by atomic mass is 16.2. The van der Waals surface area contributed by atoms with Gasteiger partial charge in [-0.2, -0.15) is 0 Å². The van der Waals surface area contributed by atoms with Gasteiger partial charge in [0.2, 0.25) is 5.91 Å². The molecule has 0 bridgehead atoms. The van der Waals surface area contributed by atoms with E-state index < -0.39 is 0 Å². The molecular weight excluding hydrogens is 262 g/mol. The first-order valence-electron chi connectivity index (χ1n) is 7.91. The largest absolute Gasteiger partial charge is 0.353 e. The van der Waals surface area contributed by atoms with E-state index in [0.29, 0.717) is 12.6 Å². The number of nitrogens with one attached hydrogen (secondary N) is 1. The molecule has 116 valence electrons. The highest BCUT2D eigenvalue weighted by Crippen LogP contribution is 2.17. The van der Waals surface area contributed by atoms with Crippen LogP contribution in [-0.2, 0) is 4.79 Å². The van der Waals surface area contributed by atoms with Crippen LogP contribution < -0.4 is 11.1 Å². The maximum absolute atomic E-state index is 12.5. The Morgan fingerprint density at radius 1 is 1.29 bits per heavy atom. The van der Waals surface area contributed by atoms with E-state index in [1.165, 1.54) is 0 Å². The zero-order valence-electron chi connectivity index (χ0n) is 13.1. The van der Waals surface area contributed by atoms with Crippen LogP contribution in [-0.4, -0.2) is 42.5 Å². The van der Waals surface area contributed by atoms with E-state index >= 15 is 0 Å². The highest BCUT2D eigenvalue weighted by molar-refractivity contribution is 5.84. The molecule has 1 aromatic carbocycles. The topological polar surface area (TPSA) is 58.4 Å². The highest BCUT2D eigenvalue weighted by Gasteiger charge is 2.25. The van der Waals surface area contributed by atoms with Crippen LogP contribution in [0.5, 0.6) is 0 Å². The molecule has 1 aliphatic heterocycles. The molecule has 3 N–H and O–H groups in total. The lowest BCUT2D eigenvalue weighted by molar-refractivity contribution is -0.123. The van der Waals surface area contributed by atoms with Crippen molar-refractivity contribution in [1.82, 2.24) is 10.2 Å². The predicted molar refractivity (Wildman–Crippen MR) is 86.1 cm³/mol. The van der Waals surface area contributed by atoms with Gasteiger partial charge in [0.05, 0.1) is 5.92 Å². The van der Waals surface area contributed by atoms with Crippen molar-refractivity contribution in [3.8, 4) is 0 Å². The summed E-state index contributed by atoms with van der Waals surface area (Å²) in [6, 6.07) is 10.7. The predicted octanol–water partition coefficient (Wildman–Crippen LogP) is 1.72. The fraction of sp³-hybridized carbons (Fsp3) is 0.588. The smallest absolute Gasteiger partial charge is 0.229 e. The number of likely N-dealkylation sites (tertiary alicyclic amines) is 1. The summed E-state index contributed by atoms with van der Waals surface area (Å²) in [7, 11) is 0. The Labute approximate surface area is 127 Å². The van der Waals surface area contributed by atoms with E-state index in [1.807, 2.05) is 30.3 Å². The maximum atomic E-state index is 12.5. The fourth-order valence-corrected chi connectivity index (χ4v) is 2.94. The van der Waals surface area contributed by atoms with Crippen molar-refractivity contribution in [3.05, 3.63) is 35.9 Å². The first kappa shape index (κ1) is 16.0. The molecule has 1 aliphatic rings. The summed E-state index contributed by atoms with van der Waals surface area (Å²) >= 11 is 0. The summed E-state index contributed by atoms with van der Waals surface area (Å²) < 4.78 is 0. The lowest BCUT2D eigenvalue weighted by atomic mass is 9.96. The minimum Gasteiger partial charge on any atom is -0.353 e. The SMILES string of the molecule is CC(C)N1CCC(NC(=O)C(CN)c2ccccc2)CC1. The second kappa shape index (κ2) is 7.57. The molecule has 0 saturated carbocycles. The number of carbonyl (C=O) groups is 1. The number of nitrogens with two attached hydrogens (primary N) is 1. The van der Waals surface area contributed by atoms with Crippen molar-refractivity contribution < 1.29 is 4.79 Å². The van der Waals surface area contributed by atoms with Crippen molar-refractivity contribution in [2.75, 3.05) is 19.6 Å². The normalized spacial score (nSPS) is 18.7. The zero-order valence-corrected chi connectivity index (χ0v) is 13.1. The quantitative estimate of drug-likeness (QED) is 0.868. The van der Waals surface area contributed by atoms with Crippen molar-refractivity contribution in [2.24, 2.45) is 5.73 Å². The molecule has 4 nitrogen and oxygen atoms in total. The minimum atomic E-state index is -0.241. The van der Waals surface area contributed by atoms with Gasteiger partial charge in [-0.05, 0) is 32.3 Å². The van der Waals surface area contributed by atoms with E-state index in [2.05, 4.69) is 24.1 Å². The maximum Gasteiger partial charge on any atom is 0.229 e. The summed E-state index contributed by atoms with van der Waals surface area (Å²) in [5.41, 5.74) is 6.80. The van der Waals surface area contributed by atoms with Crippen LogP contribution >= 0.6 is 0 Å². The monoisotopic (exact) mass is 289 g/mol. The molecule has 2 rings (SSSR count). The average Bonchev–Trinajstić information content (AvgIpc) is 2.49. The third-order valence-corrected chi connectivity index (χ3v) is 4.36. The van der Waals surface area contributed by atoms with Crippen molar-refractivity contribution in [1.29, 1.82) is 0 Å². The molecule has 0 aliphatic carbocycles. The Hall–Kier alpha value is -1.39. The first-order valence-corrected chi connectivity index (χ1v) is 7.91. The fourth-order valence-electron chi connectivity index (χ4n) is 2.94. The Kier molecular flexibility index (Phi) is 5.76. The number of hydrogen-bond donors (Lipinski definition) is 2.